The van der Waals surface area contributed by atoms with Crippen molar-refractivity contribution in [3.05, 3.63) is 89.2 Å². The van der Waals surface area contributed by atoms with Crippen LogP contribution in [-0.4, -0.2) is 18.0 Å². The number of nitrogens with zero attached hydrogens (tertiary/aromatic N) is 1. The Morgan fingerprint density at radius 2 is 1.81 bits per heavy atom. The minimum Gasteiger partial charge on any atom is -0.497 e. The summed E-state index contributed by atoms with van der Waals surface area (Å²) < 4.78 is 5.16. The van der Waals surface area contributed by atoms with Crippen LogP contribution in [0.25, 0.3) is 0 Å². The number of amides is 1. The van der Waals surface area contributed by atoms with Gasteiger partial charge in [-0.3, -0.25) is 9.78 Å². The van der Waals surface area contributed by atoms with E-state index in [9.17, 15) is 4.79 Å². The van der Waals surface area contributed by atoms with Crippen LogP contribution in [0.2, 0.25) is 0 Å². The topological polar surface area (TPSA) is 63.2 Å². The molecule has 0 aliphatic rings. The number of methoxy groups -OCH3 is 1. The van der Waals surface area contributed by atoms with E-state index in [1.165, 1.54) is 0 Å². The van der Waals surface area contributed by atoms with E-state index < -0.39 is 0 Å². The number of nitrogens with one attached hydrogen (secondary N) is 2. The van der Waals surface area contributed by atoms with Gasteiger partial charge in [0.2, 0.25) is 0 Å². The van der Waals surface area contributed by atoms with Crippen LogP contribution in [0.5, 0.6) is 5.75 Å². The van der Waals surface area contributed by atoms with Gasteiger partial charge < -0.3 is 15.4 Å². The Labute approximate surface area is 159 Å². The normalized spacial score (nSPS) is 10.3. The number of pyridine rings is 1. The van der Waals surface area contributed by atoms with Crippen LogP contribution < -0.4 is 15.4 Å². The summed E-state index contributed by atoms with van der Waals surface area (Å²) in [6, 6.07) is 19.5. The molecule has 0 saturated carbocycles. The van der Waals surface area contributed by atoms with Gasteiger partial charge in [0.25, 0.3) is 5.91 Å². The van der Waals surface area contributed by atoms with Gasteiger partial charge in [0.15, 0.2) is 0 Å². The molecule has 3 rings (SSSR count). The van der Waals surface area contributed by atoms with Gasteiger partial charge in [0.1, 0.15) is 11.4 Å². The van der Waals surface area contributed by atoms with Gasteiger partial charge >= 0.3 is 0 Å². The Bertz CT molecular complexity index is 907. The molecular formula is C22H23N3O2. The molecule has 0 aliphatic carbocycles. The van der Waals surface area contributed by atoms with Crippen molar-refractivity contribution in [3.63, 3.8) is 0 Å². The number of hydrogen-bond donors (Lipinski definition) is 2. The lowest BCUT2D eigenvalue weighted by Crippen LogP contribution is -2.24. The van der Waals surface area contributed by atoms with E-state index in [0.29, 0.717) is 18.8 Å². The van der Waals surface area contributed by atoms with Crippen molar-refractivity contribution in [2.75, 3.05) is 12.4 Å². The molecule has 5 nitrogen and oxygen atoms in total. The third kappa shape index (κ3) is 5.07. The first-order valence-electron chi connectivity index (χ1n) is 8.81. The SMILES string of the molecule is COc1ccc(CNc2ccnc(C(=O)NCc3ccccc3C)c2)cc1. The van der Waals surface area contributed by atoms with Crippen molar-refractivity contribution in [2.45, 2.75) is 20.0 Å². The molecule has 0 saturated heterocycles. The summed E-state index contributed by atoms with van der Waals surface area (Å²) >= 11 is 0. The Hall–Kier alpha value is -3.34. The fourth-order valence-corrected chi connectivity index (χ4v) is 2.69. The number of aromatic nitrogens is 1. The number of rotatable bonds is 7. The van der Waals surface area contributed by atoms with E-state index in [2.05, 4.69) is 15.6 Å². The quantitative estimate of drug-likeness (QED) is 0.669. The Morgan fingerprint density at radius 3 is 2.56 bits per heavy atom. The van der Waals surface area contributed by atoms with E-state index >= 15 is 0 Å². The number of aryl methyl sites for hydroxylation is 1. The largest absolute Gasteiger partial charge is 0.497 e. The molecule has 5 heteroatoms. The predicted octanol–water partition coefficient (Wildman–Crippen LogP) is 3.94. The Kier molecular flexibility index (Phi) is 6.05. The average molecular weight is 361 g/mol. The fourth-order valence-electron chi connectivity index (χ4n) is 2.69. The number of anilines is 1. The third-order valence-corrected chi connectivity index (χ3v) is 4.35. The number of benzene rings is 2. The monoisotopic (exact) mass is 361 g/mol. The molecule has 1 aromatic heterocycles. The van der Waals surface area contributed by atoms with Crippen LogP contribution in [0.15, 0.2) is 66.9 Å². The van der Waals surface area contributed by atoms with E-state index in [1.807, 2.05) is 61.5 Å². The van der Waals surface area contributed by atoms with Crippen molar-refractivity contribution < 1.29 is 9.53 Å². The smallest absolute Gasteiger partial charge is 0.270 e. The maximum atomic E-state index is 12.4. The summed E-state index contributed by atoms with van der Waals surface area (Å²) in [5.74, 6) is 0.640. The summed E-state index contributed by atoms with van der Waals surface area (Å²) in [6.45, 7) is 3.17. The van der Waals surface area contributed by atoms with Crippen LogP contribution in [0.3, 0.4) is 0 Å². The molecule has 3 aromatic rings. The number of ether oxygens (including phenoxy) is 1. The van der Waals surface area contributed by atoms with Crippen LogP contribution in [0.4, 0.5) is 5.69 Å². The molecule has 0 atom stereocenters. The molecule has 0 aliphatic heterocycles. The lowest BCUT2D eigenvalue weighted by atomic mass is 10.1. The molecule has 0 radical (unpaired) electrons. The second kappa shape index (κ2) is 8.85. The van der Waals surface area contributed by atoms with E-state index in [-0.39, 0.29) is 5.91 Å². The van der Waals surface area contributed by atoms with Crippen LogP contribution in [0, 0.1) is 6.92 Å². The molecule has 1 amide bonds. The lowest BCUT2D eigenvalue weighted by Gasteiger charge is -2.10. The molecular weight excluding hydrogens is 338 g/mol. The molecule has 1 heterocycles. The van der Waals surface area contributed by atoms with E-state index in [0.717, 1.165) is 28.1 Å². The second-order valence-electron chi connectivity index (χ2n) is 6.24. The van der Waals surface area contributed by atoms with Gasteiger partial charge in [0, 0.05) is 25.0 Å². The highest BCUT2D eigenvalue weighted by atomic mass is 16.5. The van der Waals surface area contributed by atoms with Gasteiger partial charge in [-0.05, 0) is 47.9 Å². The second-order valence-corrected chi connectivity index (χ2v) is 6.24. The number of hydrogen-bond acceptors (Lipinski definition) is 4. The first-order chi connectivity index (χ1) is 13.2. The summed E-state index contributed by atoms with van der Waals surface area (Å²) in [5, 5.41) is 6.24. The van der Waals surface area contributed by atoms with Gasteiger partial charge in [-0.15, -0.1) is 0 Å². The van der Waals surface area contributed by atoms with Crippen LogP contribution >= 0.6 is 0 Å². The van der Waals surface area contributed by atoms with Gasteiger partial charge in [-0.1, -0.05) is 36.4 Å². The zero-order chi connectivity index (χ0) is 19.1. The lowest BCUT2D eigenvalue weighted by molar-refractivity contribution is 0.0946. The van der Waals surface area contributed by atoms with Crippen molar-refractivity contribution in [2.24, 2.45) is 0 Å². The Morgan fingerprint density at radius 1 is 1.04 bits per heavy atom. The maximum Gasteiger partial charge on any atom is 0.270 e. The fraction of sp³-hybridized carbons (Fsp3) is 0.182. The molecule has 0 unspecified atom stereocenters. The minimum absolute atomic E-state index is 0.189. The first-order valence-corrected chi connectivity index (χ1v) is 8.81. The van der Waals surface area contributed by atoms with E-state index in [4.69, 9.17) is 4.74 Å². The highest BCUT2D eigenvalue weighted by Gasteiger charge is 2.08. The molecule has 2 N–H and O–H groups in total. The zero-order valence-corrected chi connectivity index (χ0v) is 15.5. The number of carbonyl (C=O) groups excluding carboxylic acids is 1. The van der Waals surface area contributed by atoms with Crippen molar-refractivity contribution >= 4 is 11.6 Å². The molecule has 2 aromatic carbocycles. The summed E-state index contributed by atoms with van der Waals surface area (Å²) in [6.07, 6.45) is 1.64. The first kappa shape index (κ1) is 18.5. The summed E-state index contributed by atoms with van der Waals surface area (Å²) in [4.78, 5) is 16.6. The molecule has 0 bridgehead atoms. The predicted molar refractivity (Wildman–Crippen MR) is 107 cm³/mol. The zero-order valence-electron chi connectivity index (χ0n) is 15.5. The molecule has 0 fully saturated rings. The minimum atomic E-state index is -0.189. The molecule has 138 valence electrons. The third-order valence-electron chi connectivity index (χ3n) is 4.35. The van der Waals surface area contributed by atoms with E-state index in [1.54, 1.807) is 19.4 Å². The van der Waals surface area contributed by atoms with Crippen molar-refractivity contribution in [3.8, 4) is 5.75 Å². The molecule has 27 heavy (non-hydrogen) atoms. The standard InChI is InChI=1S/C22H23N3O2/c1-16-5-3-4-6-18(16)15-25-22(26)21-13-19(11-12-23-21)24-14-17-7-9-20(27-2)10-8-17/h3-13H,14-15H2,1-2H3,(H,23,24)(H,25,26). The van der Waals surface area contributed by atoms with Gasteiger partial charge in [-0.25, -0.2) is 0 Å². The van der Waals surface area contributed by atoms with Gasteiger partial charge in [-0.2, -0.15) is 0 Å². The van der Waals surface area contributed by atoms with Crippen molar-refractivity contribution in [1.29, 1.82) is 0 Å². The summed E-state index contributed by atoms with van der Waals surface area (Å²) in [5.41, 5.74) is 4.61. The van der Waals surface area contributed by atoms with Gasteiger partial charge in [0.05, 0.1) is 7.11 Å². The van der Waals surface area contributed by atoms with Crippen LogP contribution in [-0.2, 0) is 13.1 Å². The van der Waals surface area contributed by atoms with Crippen LogP contribution in [0.1, 0.15) is 27.2 Å². The number of carbonyl (C=O) groups is 1. The highest BCUT2D eigenvalue weighted by Crippen LogP contribution is 2.14. The average Bonchev–Trinajstić information content (AvgIpc) is 2.72. The Balaban J connectivity index is 1.58. The maximum absolute atomic E-state index is 12.4. The highest BCUT2D eigenvalue weighted by molar-refractivity contribution is 5.93. The van der Waals surface area contributed by atoms with Crippen molar-refractivity contribution in [1.82, 2.24) is 10.3 Å². The molecule has 0 spiro atoms. The summed E-state index contributed by atoms with van der Waals surface area (Å²) in [7, 11) is 1.65.